The Bertz CT molecular complexity index is 553. The quantitative estimate of drug-likeness (QED) is 0.876. The highest BCUT2D eigenvalue weighted by Gasteiger charge is 2.09. The van der Waals surface area contributed by atoms with Gasteiger partial charge in [-0.3, -0.25) is 4.79 Å². The number of rotatable bonds is 4. The fraction of sp³-hybridized carbons (Fsp3) is 0.231. The number of amides is 1. The highest BCUT2D eigenvalue weighted by atomic mass is 79.9. The molecule has 0 bridgehead atoms. The topological polar surface area (TPSA) is 42.0 Å². The number of nitrogens with one attached hydrogen (secondary N) is 1. The van der Waals surface area contributed by atoms with Crippen molar-refractivity contribution in [2.45, 2.75) is 19.9 Å². The Morgan fingerprint density at radius 3 is 3.00 bits per heavy atom. The van der Waals surface area contributed by atoms with Crippen molar-refractivity contribution >= 4 is 33.2 Å². The molecule has 0 spiro atoms. The third-order valence-corrected chi connectivity index (χ3v) is 3.98. The van der Waals surface area contributed by atoms with Crippen LogP contribution in [0.15, 0.2) is 34.2 Å². The second-order valence-electron chi connectivity index (χ2n) is 3.75. The minimum Gasteiger partial charge on any atom is -0.346 e. The Labute approximate surface area is 118 Å². The molecule has 94 valence electrons. The van der Waals surface area contributed by atoms with E-state index in [1.807, 2.05) is 0 Å². The van der Waals surface area contributed by atoms with E-state index >= 15 is 0 Å². The van der Waals surface area contributed by atoms with Crippen LogP contribution in [0.3, 0.4) is 0 Å². The van der Waals surface area contributed by atoms with Crippen LogP contribution in [-0.2, 0) is 13.0 Å². The van der Waals surface area contributed by atoms with E-state index in [0.717, 1.165) is 6.42 Å². The first-order chi connectivity index (χ1) is 8.70. The molecule has 0 atom stereocenters. The van der Waals surface area contributed by atoms with Gasteiger partial charge in [0.15, 0.2) is 0 Å². The zero-order chi connectivity index (χ0) is 13.0. The van der Waals surface area contributed by atoms with E-state index in [4.69, 9.17) is 0 Å². The van der Waals surface area contributed by atoms with Crippen LogP contribution in [0.5, 0.6) is 0 Å². The van der Waals surface area contributed by atoms with E-state index in [2.05, 4.69) is 44.6 Å². The number of aromatic nitrogens is 1. The van der Waals surface area contributed by atoms with Gasteiger partial charge in [-0.05, 0) is 51.5 Å². The van der Waals surface area contributed by atoms with Gasteiger partial charge in [-0.1, -0.05) is 13.0 Å². The third kappa shape index (κ3) is 3.17. The molecule has 0 saturated carbocycles. The molecule has 2 aromatic rings. The average molecular weight is 325 g/mol. The molecule has 0 aliphatic heterocycles. The van der Waals surface area contributed by atoms with Crippen molar-refractivity contribution in [3.63, 3.8) is 0 Å². The van der Waals surface area contributed by atoms with Crippen LogP contribution in [0.25, 0.3) is 0 Å². The minimum absolute atomic E-state index is 0.147. The fourth-order valence-corrected chi connectivity index (χ4v) is 2.88. The fourth-order valence-electron chi connectivity index (χ4n) is 1.62. The number of thiophene rings is 1. The summed E-state index contributed by atoms with van der Waals surface area (Å²) in [5.41, 5.74) is 1.72. The van der Waals surface area contributed by atoms with Gasteiger partial charge in [-0.15, -0.1) is 11.3 Å². The summed E-state index contributed by atoms with van der Waals surface area (Å²) in [7, 11) is 0. The molecule has 2 rings (SSSR count). The van der Waals surface area contributed by atoms with Crippen LogP contribution >= 0.6 is 27.3 Å². The maximum atomic E-state index is 11.9. The van der Waals surface area contributed by atoms with Crippen LogP contribution in [0.2, 0.25) is 0 Å². The van der Waals surface area contributed by atoms with E-state index in [1.54, 1.807) is 29.5 Å². The lowest BCUT2D eigenvalue weighted by atomic mass is 10.2. The van der Waals surface area contributed by atoms with Gasteiger partial charge in [-0.2, -0.15) is 0 Å². The summed E-state index contributed by atoms with van der Waals surface area (Å²) in [4.78, 5) is 17.2. The van der Waals surface area contributed by atoms with Gasteiger partial charge in [-0.25, -0.2) is 4.98 Å². The summed E-state index contributed by atoms with van der Waals surface area (Å²) in [6.07, 6.45) is 0.990. The molecule has 1 amide bonds. The van der Waals surface area contributed by atoms with Crippen LogP contribution in [0.4, 0.5) is 0 Å². The van der Waals surface area contributed by atoms with Crippen LogP contribution in [0, 0.1) is 0 Å². The molecule has 2 aromatic heterocycles. The average Bonchev–Trinajstić information content (AvgIpc) is 2.83. The van der Waals surface area contributed by atoms with Gasteiger partial charge >= 0.3 is 0 Å². The van der Waals surface area contributed by atoms with Crippen molar-refractivity contribution in [1.82, 2.24) is 10.3 Å². The minimum atomic E-state index is -0.147. The van der Waals surface area contributed by atoms with Gasteiger partial charge in [0, 0.05) is 4.88 Å². The molecule has 0 radical (unpaired) electrons. The normalized spacial score (nSPS) is 10.3. The monoisotopic (exact) mass is 324 g/mol. The van der Waals surface area contributed by atoms with E-state index in [1.165, 1.54) is 10.4 Å². The van der Waals surface area contributed by atoms with Crippen molar-refractivity contribution in [3.05, 3.63) is 50.4 Å². The second kappa shape index (κ2) is 6.11. The smallest absolute Gasteiger partial charge is 0.270 e. The summed E-state index contributed by atoms with van der Waals surface area (Å²) < 4.78 is 0.667. The molecule has 0 aromatic carbocycles. The molecule has 0 aliphatic rings. The Kier molecular flexibility index (Phi) is 4.49. The first-order valence-corrected chi connectivity index (χ1v) is 7.34. The maximum absolute atomic E-state index is 11.9. The van der Waals surface area contributed by atoms with E-state index in [-0.39, 0.29) is 5.91 Å². The lowest BCUT2D eigenvalue weighted by molar-refractivity contribution is 0.0946. The van der Waals surface area contributed by atoms with Gasteiger partial charge in [0.2, 0.25) is 0 Å². The highest BCUT2D eigenvalue weighted by molar-refractivity contribution is 9.10. The Balaban J connectivity index is 2.00. The predicted molar refractivity (Wildman–Crippen MR) is 76.8 cm³/mol. The number of hydrogen-bond donors (Lipinski definition) is 1. The number of carbonyl (C=O) groups excluding carboxylic acids is 1. The van der Waals surface area contributed by atoms with E-state index < -0.39 is 0 Å². The lowest BCUT2D eigenvalue weighted by Gasteiger charge is -2.05. The van der Waals surface area contributed by atoms with Crippen LogP contribution in [0.1, 0.15) is 27.9 Å². The Hall–Kier alpha value is -1.20. The Morgan fingerprint density at radius 2 is 2.28 bits per heavy atom. The van der Waals surface area contributed by atoms with Crippen LogP contribution in [-0.4, -0.2) is 10.9 Å². The first-order valence-electron chi connectivity index (χ1n) is 5.66. The first kappa shape index (κ1) is 13.2. The van der Waals surface area contributed by atoms with Crippen molar-refractivity contribution in [2.75, 3.05) is 0 Å². The number of nitrogens with zero attached hydrogens (tertiary/aromatic N) is 1. The van der Waals surface area contributed by atoms with Crippen molar-refractivity contribution in [2.24, 2.45) is 0 Å². The van der Waals surface area contributed by atoms with Crippen LogP contribution < -0.4 is 5.32 Å². The number of carbonyl (C=O) groups is 1. The summed E-state index contributed by atoms with van der Waals surface area (Å²) >= 11 is 4.92. The second-order valence-corrected chi connectivity index (χ2v) is 5.56. The predicted octanol–water partition coefficient (Wildman–Crippen LogP) is 3.40. The summed E-state index contributed by atoms with van der Waals surface area (Å²) in [5.74, 6) is -0.147. The molecule has 0 saturated heterocycles. The molecular weight excluding hydrogens is 312 g/mol. The molecule has 0 aliphatic carbocycles. The zero-order valence-electron chi connectivity index (χ0n) is 9.94. The van der Waals surface area contributed by atoms with Gasteiger partial charge in [0.25, 0.3) is 5.91 Å². The number of halogens is 1. The van der Waals surface area contributed by atoms with Gasteiger partial charge in [0.1, 0.15) is 10.3 Å². The maximum Gasteiger partial charge on any atom is 0.270 e. The molecule has 18 heavy (non-hydrogen) atoms. The highest BCUT2D eigenvalue weighted by Crippen LogP contribution is 2.17. The lowest BCUT2D eigenvalue weighted by Crippen LogP contribution is -2.23. The number of hydrogen-bond acceptors (Lipinski definition) is 3. The summed E-state index contributed by atoms with van der Waals surface area (Å²) in [6.45, 7) is 2.68. The molecular formula is C13H13BrN2OS. The largest absolute Gasteiger partial charge is 0.346 e. The molecule has 0 fully saturated rings. The van der Waals surface area contributed by atoms with E-state index in [9.17, 15) is 4.79 Å². The van der Waals surface area contributed by atoms with Gasteiger partial charge < -0.3 is 5.32 Å². The molecule has 5 heteroatoms. The van der Waals surface area contributed by atoms with E-state index in [0.29, 0.717) is 16.8 Å². The summed E-state index contributed by atoms with van der Waals surface area (Å²) in [6, 6.07) is 7.40. The molecule has 0 unspecified atom stereocenters. The molecule has 3 nitrogen and oxygen atoms in total. The summed E-state index contributed by atoms with van der Waals surface area (Å²) in [5, 5.41) is 4.94. The molecule has 1 N–H and O–H groups in total. The van der Waals surface area contributed by atoms with Crippen molar-refractivity contribution < 1.29 is 4.79 Å². The Morgan fingerprint density at radius 1 is 1.44 bits per heavy atom. The van der Waals surface area contributed by atoms with Crippen molar-refractivity contribution in [1.29, 1.82) is 0 Å². The third-order valence-electron chi connectivity index (χ3n) is 2.58. The molecule has 2 heterocycles. The van der Waals surface area contributed by atoms with Crippen molar-refractivity contribution in [3.8, 4) is 0 Å². The zero-order valence-corrected chi connectivity index (χ0v) is 12.3. The van der Waals surface area contributed by atoms with Gasteiger partial charge in [0.05, 0.1) is 6.54 Å². The SMILES string of the molecule is CCc1ccsc1CNC(=O)c1cccc(Br)n1. The standard InChI is InChI=1S/C13H13BrN2OS/c1-2-9-6-7-18-11(9)8-15-13(17)10-4-3-5-12(14)16-10/h3-7H,2,8H2,1H3,(H,15,17). The number of pyridine rings is 1. The number of aryl methyl sites for hydroxylation is 1.